The maximum atomic E-state index is 12.3. The summed E-state index contributed by atoms with van der Waals surface area (Å²) in [5.74, 6) is -0.961. The molecule has 1 heterocycles. The van der Waals surface area contributed by atoms with Crippen LogP contribution in [-0.2, 0) is 24.3 Å². The number of hydrogen-bond donors (Lipinski definition) is 2. The first-order chi connectivity index (χ1) is 10.9. The van der Waals surface area contributed by atoms with Gasteiger partial charge >= 0.3 is 11.9 Å². The van der Waals surface area contributed by atoms with Crippen LogP contribution in [0.5, 0.6) is 0 Å². The molecule has 2 rings (SSSR count). The quantitative estimate of drug-likeness (QED) is 0.704. The minimum atomic E-state index is -3.74. The van der Waals surface area contributed by atoms with Crippen LogP contribution in [0.2, 0.25) is 0 Å². The molecule has 0 aliphatic carbocycles. The molecule has 1 aromatic rings. The number of methoxy groups -OCH3 is 2. The van der Waals surface area contributed by atoms with Crippen molar-refractivity contribution in [2.45, 2.75) is 23.4 Å². The molecule has 0 unspecified atom stereocenters. The number of hydrogen-bond acceptors (Lipinski definition) is 7. The van der Waals surface area contributed by atoms with E-state index in [-0.39, 0.29) is 10.5 Å². The Morgan fingerprint density at radius 3 is 2.39 bits per heavy atom. The first kappa shape index (κ1) is 17.4. The standard InChI is InChI=1S/C14H18N2O6S/c1-21-13(17)9-3-5-11(6-4-9)23(19,20)16-10-7-12(15-8-10)14(18)22-2/h3-6,10,12,15-16H,7-8H2,1-2H3/t10-,12+/m1/s1. The number of nitrogens with one attached hydrogen (secondary N) is 2. The Labute approximate surface area is 134 Å². The molecular weight excluding hydrogens is 324 g/mol. The van der Waals surface area contributed by atoms with Crippen LogP contribution in [0.25, 0.3) is 0 Å². The third kappa shape index (κ3) is 4.06. The molecule has 2 atom stereocenters. The second-order valence-electron chi connectivity index (χ2n) is 5.05. The van der Waals surface area contributed by atoms with Crippen LogP contribution in [0.3, 0.4) is 0 Å². The second kappa shape index (κ2) is 7.07. The van der Waals surface area contributed by atoms with E-state index in [2.05, 4.69) is 19.5 Å². The van der Waals surface area contributed by atoms with Gasteiger partial charge in [0.1, 0.15) is 6.04 Å². The average molecular weight is 342 g/mol. The number of ether oxygens (including phenoxy) is 2. The zero-order chi connectivity index (χ0) is 17.0. The molecular formula is C14H18N2O6S. The van der Waals surface area contributed by atoms with Gasteiger partial charge in [-0.1, -0.05) is 0 Å². The highest BCUT2D eigenvalue weighted by Gasteiger charge is 2.32. The summed E-state index contributed by atoms with van der Waals surface area (Å²) in [6.07, 6.45) is 0.312. The Morgan fingerprint density at radius 2 is 1.83 bits per heavy atom. The van der Waals surface area contributed by atoms with Gasteiger partial charge in [0.25, 0.3) is 0 Å². The minimum Gasteiger partial charge on any atom is -0.468 e. The van der Waals surface area contributed by atoms with Gasteiger partial charge in [0.2, 0.25) is 10.0 Å². The van der Waals surface area contributed by atoms with Crippen LogP contribution < -0.4 is 10.0 Å². The van der Waals surface area contributed by atoms with Gasteiger partial charge in [-0.05, 0) is 30.7 Å². The maximum absolute atomic E-state index is 12.3. The fourth-order valence-corrected chi connectivity index (χ4v) is 3.57. The van der Waals surface area contributed by atoms with Crippen molar-refractivity contribution >= 4 is 22.0 Å². The fraction of sp³-hybridized carbons (Fsp3) is 0.429. The molecule has 0 amide bonds. The number of carbonyl (C=O) groups is 2. The number of rotatable bonds is 5. The molecule has 1 aliphatic heterocycles. The lowest BCUT2D eigenvalue weighted by Crippen LogP contribution is -2.36. The first-order valence-electron chi connectivity index (χ1n) is 6.89. The van der Waals surface area contributed by atoms with Crippen LogP contribution in [-0.4, -0.2) is 53.2 Å². The number of esters is 2. The molecule has 1 aliphatic rings. The van der Waals surface area contributed by atoms with Gasteiger partial charge in [-0.25, -0.2) is 17.9 Å². The van der Waals surface area contributed by atoms with E-state index >= 15 is 0 Å². The predicted molar refractivity (Wildman–Crippen MR) is 80.3 cm³/mol. The highest BCUT2D eigenvalue weighted by atomic mass is 32.2. The molecule has 126 valence electrons. The van der Waals surface area contributed by atoms with Gasteiger partial charge in [-0.3, -0.25) is 4.79 Å². The lowest BCUT2D eigenvalue weighted by molar-refractivity contribution is -0.142. The van der Waals surface area contributed by atoms with Crippen LogP contribution in [0.15, 0.2) is 29.2 Å². The summed E-state index contributed by atoms with van der Waals surface area (Å²) >= 11 is 0. The van der Waals surface area contributed by atoms with E-state index in [9.17, 15) is 18.0 Å². The van der Waals surface area contributed by atoms with Crippen LogP contribution in [0, 0.1) is 0 Å². The summed E-state index contributed by atoms with van der Waals surface area (Å²) < 4.78 is 36.3. The average Bonchev–Trinajstić information content (AvgIpc) is 3.01. The Morgan fingerprint density at radius 1 is 1.17 bits per heavy atom. The molecule has 0 spiro atoms. The molecule has 9 heteroatoms. The summed E-state index contributed by atoms with van der Waals surface area (Å²) in [5, 5.41) is 2.90. The van der Waals surface area contributed by atoms with E-state index in [0.717, 1.165) is 0 Å². The largest absolute Gasteiger partial charge is 0.468 e. The van der Waals surface area contributed by atoms with Crippen molar-refractivity contribution in [2.24, 2.45) is 0 Å². The van der Waals surface area contributed by atoms with Gasteiger partial charge in [-0.15, -0.1) is 0 Å². The molecule has 1 fully saturated rings. The molecule has 8 nitrogen and oxygen atoms in total. The molecule has 23 heavy (non-hydrogen) atoms. The summed E-state index contributed by atoms with van der Waals surface area (Å²) in [5.41, 5.74) is 0.264. The van der Waals surface area contributed by atoms with Crippen LogP contribution >= 0.6 is 0 Å². The van der Waals surface area contributed by atoms with Gasteiger partial charge in [0.05, 0.1) is 24.7 Å². The molecule has 2 N–H and O–H groups in total. The van der Waals surface area contributed by atoms with Crippen LogP contribution in [0.4, 0.5) is 0 Å². The van der Waals surface area contributed by atoms with E-state index in [0.29, 0.717) is 13.0 Å². The summed E-state index contributed by atoms with van der Waals surface area (Å²) in [6.45, 7) is 0.333. The van der Waals surface area contributed by atoms with Crippen molar-refractivity contribution in [1.82, 2.24) is 10.0 Å². The normalized spacial score (nSPS) is 21.0. The molecule has 0 saturated carbocycles. The van der Waals surface area contributed by atoms with Crippen molar-refractivity contribution in [2.75, 3.05) is 20.8 Å². The van der Waals surface area contributed by atoms with Crippen molar-refractivity contribution < 1.29 is 27.5 Å². The van der Waals surface area contributed by atoms with Crippen molar-refractivity contribution in [3.05, 3.63) is 29.8 Å². The predicted octanol–water partition coefficient (Wildman–Crippen LogP) is -0.345. The van der Waals surface area contributed by atoms with Crippen molar-refractivity contribution in [3.8, 4) is 0 Å². The summed E-state index contributed by atoms with van der Waals surface area (Å²) in [7, 11) is -1.21. The van der Waals surface area contributed by atoms with E-state index in [4.69, 9.17) is 0 Å². The summed E-state index contributed by atoms with van der Waals surface area (Å²) in [4.78, 5) is 22.8. The fourth-order valence-electron chi connectivity index (χ4n) is 2.32. The highest BCUT2D eigenvalue weighted by Crippen LogP contribution is 2.15. The zero-order valence-electron chi connectivity index (χ0n) is 12.7. The van der Waals surface area contributed by atoms with Gasteiger partial charge in [0, 0.05) is 12.6 Å². The second-order valence-corrected chi connectivity index (χ2v) is 6.77. The SMILES string of the molecule is COC(=O)c1ccc(S(=O)(=O)N[C@H]2CN[C@H](C(=O)OC)C2)cc1. The van der Waals surface area contributed by atoms with E-state index in [1.165, 1.54) is 38.5 Å². The third-order valence-electron chi connectivity index (χ3n) is 3.52. The van der Waals surface area contributed by atoms with Gasteiger partial charge in [0.15, 0.2) is 0 Å². The van der Waals surface area contributed by atoms with Crippen LogP contribution in [0.1, 0.15) is 16.8 Å². The van der Waals surface area contributed by atoms with E-state index in [1.54, 1.807) is 0 Å². The lowest BCUT2D eigenvalue weighted by Gasteiger charge is -2.12. The van der Waals surface area contributed by atoms with Crippen molar-refractivity contribution in [3.63, 3.8) is 0 Å². The molecule has 1 saturated heterocycles. The Bertz CT molecular complexity index is 686. The highest BCUT2D eigenvalue weighted by molar-refractivity contribution is 7.89. The zero-order valence-corrected chi connectivity index (χ0v) is 13.6. The maximum Gasteiger partial charge on any atom is 0.337 e. The first-order valence-corrected chi connectivity index (χ1v) is 8.37. The van der Waals surface area contributed by atoms with Crippen molar-refractivity contribution in [1.29, 1.82) is 0 Å². The lowest BCUT2D eigenvalue weighted by atomic mass is 10.2. The van der Waals surface area contributed by atoms with E-state index < -0.39 is 34.0 Å². The molecule has 0 radical (unpaired) electrons. The third-order valence-corrected chi connectivity index (χ3v) is 5.06. The topological polar surface area (TPSA) is 111 Å². The number of sulfonamides is 1. The summed E-state index contributed by atoms with van der Waals surface area (Å²) in [6, 6.07) is 4.48. The molecule has 1 aromatic carbocycles. The molecule has 0 aromatic heterocycles. The molecule has 0 bridgehead atoms. The Hall–Kier alpha value is -1.97. The Balaban J connectivity index is 2.05. The van der Waals surface area contributed by atoms with Gasteiger partial charge in [-0.2, -0.15) is 0 Å². The minimum absolute atomic E-state index is 0.0340. The monoisotopic (exact) mass is 342 g/mol. The van der Waals surface area contributed by atoms with Gasteiger partial charge < -0.3 is 14.8 Å². The smallest absolute Gasteiger partial charge is 0.337 e. The number of carbonyl (C=O) groups excluding carboxylic acids is 2. The number of benzene rings is 1. The van der Waals surface area contributed by atoms with E-state index in [1.807, 2.05) is 0 Å². The Kier molecular flexibility index (Phi) is 5.34.